The monoisotopic (exact) mass is 302 g/mol. The summed E-state index contributed by atoms with van der Waals surface area (Å²) in [6.07, 6.45) is 0. The average Bonchev–Trinajstić information content (AvgIpc) is 2.45. The third-order valence-corrected chi connectivity index (χ3v) is 3.46. The first-order valence-electron chi connectivity index (χ1n) is 8.24. The van der Waals surface area contributed by atoms with Gasteiger partial charge in [-0.15, -0.1) is 0 Å². The molecule has 21 heavy (non-hydrogen) atoms. The highest BCUT2D eigenvalue weighted by molar-refractivity contribution is 4.74. The average molecular weight is 303 g/mol. The lowest BCUT2D eigenvalue weighted by molar-refractivity contribution is 0.408. The Balaban J connectivity index is 3.62. The molecule has 8 N–H and O–H groups in total. The first-order valence-corrected chi connectivity index (χ1v) is 8.24. The molecule has 0 aromatic rings. The van der Waals surface area contributed by atoms with Gasteiger partial charge in [-0.05, 0) is 34.6 Å². The molecule has 0 saturated heterocycles. The van der Waals surface area contributed by atoms with E-state index in [4.69, 9.17) is 11.5 Å². The molecule has 0 aromatic carbocycles. The summed E-state index contributed by atoms with van der Waals surface area (Å²) >= 11 is 0. The Morgan fingerprint density at radius 2 is 0.952 bits per heavy atom. The van der Waals surface area contributed by atoms with Crippen LogP contribution in [0.25, 0.3) is 0 Å². The SMILES string of the molecule is CC(N)CNC(C)CNC(C)CNC(C)CNC(C)CN. The van der Waals surface area contributed by atoms with Crippen molar-refractivity contribution in [1.29, 1.82) is 0 Å². The molecule has 6 heteroatoms. The second-order valence-electron chi connectivity index (χ2n) is 6.45. The van der Waals surface area contributed by atoms with Gasteiger partial charge in [0.05, 0.1) is 0 Å². The van der Waals surface area contributed by atoms with Crippen LogP contribution < -0.4 is 32.7 Å². The Hall–Kier alpha value is -0.240. The molecule has 0 saturated carbocycles. The van der Waals surface area contributed by atoms with Gasteiger partial charge in [-0.25, -0.2) is 0 Å². The lowest BCUT2D eigenvalue weighted by Crippen LogP contribution is -2.48. The quantitative estimate of drug-likeness (QED) is 0.267. The molecular weight excluding hydrogens is 264 g/mol. The number of hydrogen-bond acceptors (Lipinski definition) is 6. The second kappa shape index (κ2) is 12.3. The molecule has 0 aliphatic heterocycles. The maximum absolute atomic E-state index is 5.73. The van der Waals surface area contributed by atoms with Crippen LogP contribution in [0.3, 0.4) is 0 Å². The van der Waals surface area contributed by atoms with Crippen molar-refractivity contribution in [3.63, 3.8) is 0 Å². The Morgan fingerprint density at radius 3 is 1.29 bits per heavy atom. The third kappa shape index (κ3) is 13.2. The minimum atomic E-state index is 0.204. The van der Waals surface area contributed by atoms with E-state index in [1.165, 1.54) is 0 Å². The zero-order chi connectivity index (χ0) is 16.3. The van der Waals surface area contributed by atoms with Crippen LogP contribution in [0.4, 0.5) is 0 Å². The Bertz CT molecular complexity index is 236. The molecule has 6 nitrogen and oxygen atoms in total. The van der Waals surface area contributed by atoms with Gasteiger partial charge in [0.15, 0.2) is 0 Å². The largest absolute Gasteiger partial charge is 0.329 e. The predicted molar refractivity (Wildman–Crippen MR) is 92.6 cm³/mol. The molecule has 0 rings (SSSR count). The van der Waals surface area contributed by atoms with E-state index >= 15 is 0 Å². The van der Waals surface area contributed by atoms with Gasteiger partial charge in [-0.2, -0.15) is 0 Å². The second-order valence-corrected chi connectivity index (χ2v) is 6.45. The van der Waals surface area contributed by atoms with Crippen LogP contribution in [0, 0.1) is 0 Å². The van der Waals surface area contributed by atoms with Gasteiger partial charge >= 0.3 is 0 Å². The van der Waals surface area contributed by atoms with Crippen LogP contribution in [0.1, 0.15) is 34.6 Å². The van der Waals surface area contributed by atoms with E-state index in [9.17, 15) is 0 Å². The maximum Gasteiger partial charge on any atom is 0.0164 e. The molecule has 0 spiro atoms. The molecule has 0 fully saturated rings. The van der Waals surface area contributed by atoms with Crippen molar-refractivity contribution < 1.29 is 0 Å². The summed E-state index contributed by atoms with van der Waals surface area (Å²) in [6.45, 7) is 15.1. The molecule has 0 radical (unpaired) electrons. The topological polar surface area (TPSA) is 100 Å². The van der Waals surface area contributed by atoms with Gasteiger partial charge in [0.25, 0.3) is 0 Å². The van der Waals surface area contributed by atoms with E-state index in [-0.39, 0.29) is 6.04 Å². The zero-order valence-electron chi connectivity index (χ0n) is 14.6. The van der Waals surface area contributed by atoms with Gasteiger partial charge in [0, 0.05) is 62.9 Å². The number of rotatable bonds is 13. The van der Waals surface area contributed by atoms with E-state index in [1.54, 1.807) is 0 Å². The summed E-state index contributed by atoms with van der Waals surface area (Å²) < 4.78 is 0. The zero-order valence-corrected chi connectivity index (χ0v) is 14.6. The molecule has 0 bridgehead atoms. The minimum absolute atomic E-state index is 0.204. The smallest absolute Gasteiger partial charge is 0.0164 e. The Labute approximate surface area is 131 Å². The van der Waals surface area contributed by atoms with Gasteiger partial charge in [0.2, 0.25) is 0 Å². The molecule has 0 aliphatic carbocycles. The molecule has 0 aliphatic rings. The summed E-state index contributed by atoms with van der Waals surface area (Å²) in [6, 6.07) is 1.90. The highest BCUT2D eigenvalue weighted by atomic mass is 15.1. The molecule has 0 heterocycles. The van der Waals surface area contributed by atoms with E-state index in [0.29, 0.717) is 30.7 Å². The highest BCUT2D eigenvalue weighted by Crippen LogP contribution is 1.87. The van der Waals surface area contributed by atoms with Crippen molar-refractivity contribution in [3.8, 4) is 0 Å². The van der Waals surface area contributed by atoms with Crippen molar-refractivity contribution in [3.05, 3.63) is 0 Å². The van der Waals surface area contributed by atoms with Crippen molar-refractivity contribution >= 4 is 0 Å². The fourth-order valence-corrected chi connectivity index (χ4v) is 1.82. The standard InChI is InChI=1S/C15H38N6/c1-11(17)7-18-13(3)9-20-15(5)10-21-14(4)8-19-12(2)6-16/h11-15,18-21H,6-10,16-17H2,1-5H3. The van der Waals surface area contributed by atoms with E-state index in [0.717, 1.165) is 26.2 Å². The molecule has 5 atom stereocenters. The van der Waals surface area contributed by atoms with Gasteiger partial charge in [0.1, 0.15) is 0 Å². The Morgan fingerprint density at radius 1 is 0.619 bits per heavy atom. The summed E-state index contributed by atoms with van der Waals surface area (Å²) in [7, 11) is 0. The van der Waals surface area contributed by atoms with E-state index < -0.39 is 0 Å². The fraction of sp³-hybridized carbons (Fsp3) is 1.00. The van der Waals surface area contributed by atoms with Crippen molar-refractivity contribution in [2.45, 2.75) is 64.8 Å². The third-order valence-electron chi connectivity index (χ3n) is 3.46. The normalized spacial score (nSPS) is 19.0. The first-order chi connectivity index (χ1) is 9.85. The van der Waals surface area contributed by atoms with Crippen LogP contribution in [0.2, 0.25) is 0 Å². The Kier molecular flexibility index (Phi) is 12.2. The number of nitrogens with two attached hydrogens (primary N) is 2. The molecular formula is C15H38N6. The van der Waals surface area contributed by atoms with Gasteiger partial charge < -0.3 is 32.7 Å². The van der Waals surface area contributed by atoms with E-state index in [2.05, 4.69) is 49.0 Å². The van der Waals surface area contributed by atoms with Crippen molar-refractivity contribution in [2.24, 2.45) is 11.5 Å². The lowest BCUT2D eigenvalue weighted by Gasteiger charge is -2.22. The summed E-state index contributed by atoms with van der Waals surface area (Å²) in [5, 5.41) is 13.9. The summed E-state index contributed by atoms with van der Waals surface area (Å²) in [5.74, 6) is 0. The van der Waals surface area contributed by atoms with Crippen LogP contribution in [-0.2, 0) is 0 Å². The highest BCUT2D eigenvalue weighted by Gasteiger charge is 2.08. The maximum atomic E-state index is 5.73. The van der Waals surface area contributed by atoms with Crippen molar-refractivity contribution in [1.82, 2.24) is 21.3 Å². The lowest BCUT2D eigenvalue weighted by atomic mass is 10.2. The molecule has 0 aromatic heterocycles. The number of nitrogens with one attached hydrogen (secondary N) is 4. The fourth-order valence-electron chi connectivity index (χ4n) is 1.82. The van der Waals surface area contributed by atoms with Crippen LogP contribution in [0.15, 0.2) is 0 Å². The van der Waals surface area contributed by atoms with Crippen LogP contribution in [-0.4, -0.2) is 62.9 Å². The number of hydrogen-bond donors (Lipinski definition) is 6. The first kappa shape index (κ1) is 20.8. The minimum Gasteiger partial charge on any atom is -0.329 e. The van der Waals surface area contributed by atoms with Crippen molar-refractivity contribution in [2.75, 3.05) is 32.7 Å². The summed E-state index contributed by atoms with van der Waals surface area (Å²) in [5.41, 5.74) is 11.3. The molecule has 0 amide bonds. The van der Waals surface area contributed by atoms with Gasteiger partial charge in [-0.1, -0.05) is 0 Å². The van der Waals surface area contributed by atoms with E-state index in [1.807, 2.05) is 6.92 Å². The summed E-state index contributed by atoms with van der Waals surface area (Å²) in [4.78, 5) is 0. The van der Waals surface area contributed by atoms with Crippen LogP contribution in [0.5, 0.6) is 0 Å². The molecule has 5 unspecified atom stereocenters. The molecule has 128 valence electrons. The van der Waals surface area contributed by atoms with Crippen LogP contribution >= 0.6 is 0 Å². The van der Waals surface area contributed by atoms with Gasteiger partial charge in [-0.3, -0.25) is 0 Å². The predicted octanol–water partition coefficient (Wildman–Crippen LogP) is -0.795.